The maximum atomic E-state index is 12.8. The van der Waals surface area contributed by atoms with Gasteiger partial charge in [0.05, 0.1) is 0 Å². The van der Waals surface area contributed by atoms with Gasteiger partial charge in [0.2, 0.25) is 0 Å². The summed E-state index contributed by atoms with van der Waals surface area (Å²) in [5.41, 5.74) is 3.63. The molecule has 0 aliphatic heterocycles. The Bertz CT molecular complexity index is 417. The zero-order valence-electron chi connectivity index (χ0n) is 9.37. The van der Waals surface area contributed by atoms with Crippen molar-refractivity contribution in [2.24, 2.45) is 5.92 Å². The summed E-state index contributed by atoms with van der Waals surface area (Å²) in [7, 11) is 0. The normalized spacial score (nSPS) is 20.2. The summed E-state index contributed by atoms with van der Waals surface area (Å²) in [5, 5.41) is 0. The number of hydrogen-bond donors (Lipinski definition) is 0. The van der Waals surface area contributed by atoms with Crippen molar-refractivity contribution in [3.05, 3.63) is 41.2 Å². The predicted molar refractivity (Wildman–Crippen MR) is 62.4 cm³/mol. The van der Waals surface area contributed by atoms with Crippen LogP contribution in [-0.2, 0) is 4.79 Å². The third-order valence-corrected chi connectivity index (χ3v) is 3.27. The van der Waals surface area contributed by atoms with Gasteiger partial charge in [0.1, 0.15) is 12.1 Å². The number of halogens is 1. The van der Waals surface area contributed by atoms with Crippen LogP contribution in [0.15, 0.2) is 29.8 Å². The number of rotatable bonds is 3. The van der Waals surface area contributed by atoms with Crippen molar-refractivity contribution in [2.75, 3.05) is 0 Å². The molecule has 1 nitrogen and oxygen atoms in total. The van der Waals surface area contributed by atoms with E-state index in [9.17, 15) is 9.18 Å². The van der Waals surface area contributed by atoms with Crippen LogP contribution in [0.4, 0.5) is 4.39 Å². The van der Waals surface area contributed by atoms with Crippen LogP contribution >= 0.6 is 0 Å². The summed E-state index contributed by atoms with van der Waals surface area (Å²) < 4.78 is 12.8. The lowest BCUT2D eigenvalue weighted by molar-refractivity contribution is -0.108. The maximum absolute atomic E-state index is 12.8. The third kappa shape index (κ3) is 2.06. The van der Waals surface area contributed by atoms with Crippen molar-refractivity contribution in [3.63, 3.8) is 0 Å². The fraction of sp³-hybridized carbons (Fsp3) is 0.357. The second-order valence-electron chi connectivity index (χ2n) is 4.34. The van der Waals surface area contributed by atoms with E-state index >= 15 is 0 Å². The van der Waals surface area contributed by atoms with Crippen LogP contribution in [0.1, 0.15) is 31.7 Å². The monoisotopic (exact) mass is 218 g/mol. The van der Waals surface area contributed by atoms with Crippen LogP contribution in [0, 0.1) is 11.7 Å². The summed E-state index contributed by atoms with van der Waals surface area (Å²) >= 11 is 0. The molecule has 0 amide bonds. The fourth-order valence-electron chi connectivity index (χ4n) is 2.48. The molecule has 0 aromatic heterocycles. The van der Waals surface area contributed by atoms with Gasteiger partial charge >= 0.3 is 0 Å². The molecule has 0 spiro atoms. The average Bonchev–Trinajstić information content (AvgIpc) is 2.62. The third-order valence-electron chi connectivity index (χ3n) is 3.27. The van der Waals surface area contributed by atoms with Crippen molar-refractivity contribution in [3.8, 4) is 0 Å². The van der Waals surface area contributed by atoms with E-state index in [1.165, 1.54) is 23.3 Å². The standard InChI is InChI=1S/C14H15FO/c1-10-2-3-12(8-9-16)14(10)11-4-6-13(15)7-5-11/h4-7,9,12H,2-3,8H2,1H3/t12-/m0/s1. The Kier molecular flexibility index (Phi) is 3.18. The Morgan fingerprint density at radius 1 is 1.38 bits per heavy atom. The van der Waals surface area contributed by atoms with E-state index in [-0.39, 0.29) is 5.82 Å². The van der Waals surface area contributed by atoms with Crippen LogP contribution in [0.5, 0.6) is 0 Å². The van der Waals surface area contributed by atoms with Gasteiger partial charge in [-0.2, -0.15) is 0 Å². The topological polar surface area (TPSA) is 17.1 Å². The van der Waals surface area contributed by atoms with E-state index in [2.05, 4.69) is 6.92 Å². The van der Waals surface area contributed by atoms with Gasteiger partial charge in [0.25, 0.3) is 0 Å². The molecule has 0 N–H and O–H groups in total. The molecule has 2 rings (SSSR count). The van der Waals surface area contributed by atoms with Crippen LogP contribution in [-0.4, -0.2) is 6.29 Å². The van der Waals surface area contributed by atoms with E-state index in [0.29, 0.717) is 12.3 Å². The number of allylic oxidation sites excluding steroid dienone is 2. The Labute approximate surface area is 95.0 Å². The van der Waals surface area contributed by atoms with Crippen LogP contribution < -0.4 is 0 Å². The van der Waals surface area contributed by atoms with Crippen LogP contribution in [0.2, 0.25) is 0 Å². The molecule has 2 heteroatoms. The summed E-state index contributed by atoms with van der Waals surface area (Å²) in [4.78, 5) is 10.6. The molecular weight excluding hydrogens is 203 g/mol. The number of carbonyl (C=O) groups is 1. The minimum absolute atomic E-state index is 0.216. The van der Waals surface area contributed by atoms with Gasteiger partial charge in [0, 0.05) is 6.42 Å². The molecule has 0 radical (unpaired) electrons. The van der Waals surface area contributed by atoms with E-state index in [1.807, 2.05) is 0 Å². The molecular formula is C14H15FO. The molecule has 84 valence electrons. The smallest absolute Gasteiger partial charge is 0.123 e. The van der Waals surface area contributed by atoms with E-state index < -0.39 is 0 Å². The van der Waals surface area contributed by atoms with Crippen molar-refractivity contribution in [2.45, 2.75) is 26.2 Å². The Balaban J connectivity index is 2.33. The zero-order valence-corrected chi connectivity index (χ0v) is 9.37. The molecule has 0 fully saturated rings. The highest BCUT2D eigenvalue weighted by Gasteiger charge is 2.23. The maximum Gasteiger partial charge on any atom is 0.123 e. The van der Waals surface area contributed by atoms with Crippen molar-refractivity contribution >= 4 is 11.9 Å². The van der Waals surface area contributed by atoms with E-state index in [0.717, 1.165) is 24.7 Å². The minimum atomic E-state index is -0.216. The summed E-state index contributed by atoms with van der Waals surface area (Å²) in [6.45, 7) is 2.10. The van der Waals surface area contributed by atoms with Crippen LogP contribution in [0.3, 0.4) is 0 Å². The Morgan fingerprint density at radius 3 is 2.69 bits per heavy atom. The molecule has 1 atom stereocenters. The second kappa shape index (κ2) is 4.60. The highest BCUT2D eigenvalue weighted by Crippen LogP contribution is 2.40. The Morgan fingerprint density at radius 2 is 2.06 bits per heavy atom. The van der Waals surface area contributed by atoms with Gasteiger partial charge in [-0.05, 0) is 49.0 Å². The van der Waals surface area contributed by atoms with Crippen molar-refractivity contribution < 1.29 is 9.18 Å². The first-order valence-corrected chi connectivity index (χ1v) is 5.61. The first kappa shape index (κ1) is 11.1. The lowest BCUT2D eigenvalue weighted by Crippen LogP contribution is -2.00. The molecule has 1 aliphatic carbocycles. The number of aldehydes is 1. The largest absolute Gasteiger partial charge is 0.303 e. The summed E-state index contributed by atoms with van der Waals surface area (Å²) in [6.07, 6.45) is 3.64. The lowest BCUT2D eigenvalue weighted by Gasteiger charge is -2.13. The molecule has 1 aliphatic rings. The van der Waals surface area contributed by atoms with Crippen molar-refractivity contribution in [1.29, 1.82) is 0 Å². The molecule has 0 heterocycles. The highest BCUT2D eigenvalue weighted by atomic mass is 19.1. The molecule has 0 saturated carbocycles. The Hall–Kier alpha value is -1.44. The molecule has 0 bridgehead atoms. The molecule has 1 aromatic carbocycles. The van der Waals surface area contributed by atoms with Crippen molar-refractivity contribution in [1.82, 2.24) is 0 Å². The van der Waals surface area contributed by atoms with Gasteiger partial charge < -0.3 is 4.79 Å². The highest BCUT2D eigenvalue weighted by molar-refractivity contribution is 5.74. The van der Waals surface area contributed by atoms with Gasteiger partial charge in [-0.3, -0.25) is 0 Å². The fourth-order valence-corrected chi connectivity index (χ4v) is 2.48. The first-order valence-electron chi connectivity index (χ1n) is 5.61. The summed E-state index contributed by atoms with van der Waals surface area (Å²) in [5.74, 6) is 0.106. The van der Waals surface area contributed by atoms with Gasteiger partial charge in [-0.25, -0.2) is 4.39 Å². The number of benzene rings is 1. The van der Waals surface area contributed by atoms with Gasteiger partial charge in [-0.15, -0.1) is 0 Å². The molecule has 1 aromatic rings. The van der Waals surface area contributed by atoms with Gasteiger partial charge in [0.15, 0.2) is 0 Å². The number of carbonyl (C=O) groups excluding carboxylic acids is 1. The second-order valence-corrected chi connectivity index (χ2v) is 4.34. The van der Waals surface area contributed by atoms with E-state index in [4.69, 9.17) is 0 Å². The quantitative estimate of drug-likeness (QED) is 0.708. The average molecular weight is 218 g/mol. The number of hydrogen-bond acceptors (Lipinski definition) is 1. The predicted octanol–water partition coefficient (Wildman–Crippen LogP) is 3.60. The zero-order chi connectivity index (χ0) is 11.5. The lowest BCUT2D eigenvalue weighted by atomic mass is 9.92. The summed E-state index contributed by atoms with van der Waals surface area (Å²) in [6, 6.07) is 6.56. The van der Waals surface area contributed by atoms with Crippen LogP contribution in [0.25, 0.3) is 5.57 Å². The first-order chi connectivity index (χ1) is 7.72. The molecule has 0 saturated heterocycles. The van der Waals surface area contributed by atoms with E-state index in [1.54, 1.807) is 12.1 Å². The van der Waals surface area contributed by atoms with Gasteiger partial charge in [-0.1, -0.05) is 17.7 Å². The SMILES string of the molecule is CC1=C(c2ccc(F)cc2)[C@H](CC=O)CC1. The minimum Gasteiger partial charge on any atom is -0.303 e. The molecule has 16 heavy (non-hydrogen) atoms. The molecule has 0 unspecified atom stereocenters.